The third-order valence-electron chi connectivity index (χ3n) is 5.30. The minimum Gasteiger partial charge on any atom is -0.336 e. The predicted octanol–water partition coefficient (Wildman–Crippen LogP) is 2.79. The monoisotopic (exact) mass is 363 g/mol. The molecule has 0 N–H and O–H groups in total. The summed E-state index contributed by atoms with van der Waals surface area (Å²) in [7, 11) is 0. The SMILES string of the molecule is CCN1CCN(C(=O)c2ccc(-c3cc(C)c4nc(C)nn4c3)cc2)CC1. The van der Waals surface area contributed by atoms with Crippen LogP contribution >= 0.6 is 0 Å². The first-order chi connectivity index (χ1) is 13.0. The van der Waals surface area contributed by atoms with Gasteiger partial charge in [0.15, 0.2) is 5.65 Å². The van der Waals surface area contributed by atoms with Crippen LogP contribution in [0.1, 0.15) is 28.7 Å². The van der Waals surface area contributed by atoms with Crippen LogP contribution in [0, 0.1) is 13.8 Å². The van der Waals surface area contributed by atoms with E-state index in [0.29, 0.717) is 0 Å². The van der Waals surface area contributed by atoms with Crippen molar-refractivity contribution in [1.29, 1.82) is 0 Å². The number of rotatable bonds is 3. The van der Waals surface area contributed by atoms with Crippen LogP contribution in [0.25, 0.3) is 16.8 Å². The van der Waals surface area contributed by atoms with Crippen LogP contribution < -0.4 is 0 Å². The number of aryl methyl sites for hydroxylation is 2. The summed E-state index contributed by atoms with van der Waals surface area (Å²) in [5.74, 6) is 0.884. The fourth-order valence-electron chi connectivity index (χ4n) is 3.67. The zero-order chi connectivity index (χ0) is 19.0. The molecule has 0 radical (unpaired) electrons. The molecule has 1 aliphatic rings. The van der Waals surface area contributed by atoms with Crippen molar-refractivity contribution >= 4 is 11.6 Å². The summed E-state index contributed by atoms with van der Waals surface area (Å²) in [5, 5.41) is 4.42. The van der Waals surface area contributed by atoms with Gasteiger partial charge in [0.2, 0.25) is 0 Å². The van der Waals surface area contributed by atoms with Gasteiger partial charge in [-0.25, -0.2) is 9.50 Å². The minimum atomic E-state index is 0.121. The predicted molar refractivity (Wildman–Crippen MR) is 106 cm³/mol. The molecule has 1 fully saturated rings. The molecule has 6 heteroatoms. The molecule has 1 aromatic carbocycles. The van der Waals surface area contributed by atoms with Crippen LogP contribution in [0.5, 0.6) is 0 Å². The van der Waals surface area contributed by atoms with Crippen molar-refractivity contribution in [2.75, 3.05) is 32.7 Å². The maximum Gasteiger partial charge on any atom is 0.253 e. The van der Waals surface area contributed by atoms with Gasteiger partial charge in [-0.3, -0.25) is 4.79 Å². The summed E-state index contributed by atoms with van der Waals surface area (Å²) >= 11 is 0. The molecule has 1 saturated heterocycles. The maximum absolute atomic E-state index is 12.8. The molecular weight excluding hydrogens is 338 g/mol. The van der Waals surface area contributed by atoms with E-state index in [1.54, 1.807) is 0 Å². The number of piperazine rings is 1. The first-order valence-electron chi connectivity index (χ1n) is 9.51. The van der Waals surface area contributed by atoms with E-state index in [4.69, 9.17) is 0 Å². The molecule has 27 heavy (non-hydrogen) atoms. The van der Waals surface area contributed by atoms with E-state index in [2.05, 4.69) is 28.0 Å². The summed E-state index contributed by atoms with van der Waals surface area (Å²) in [4.78, 5) is 21.5. The zero-order valence-electron chi connectivity index (χ0n) is 16.1. The van der Waals surface area contributed by atoms with Gasteiger partial charge < -0.3 is 9.80 Å². The van der Waals surface area contributed by atoms with Crippen molar-refractivity contribution in [3.8, 4) is 11.1 Å². The first-order valence-corrected chi connectivity index (χ1v) is 9.51. The summed E-state index contributed by atoms with van der Waals surface area (Å²) < 4.78 is 1.83. The number of likely N-dealkylation sites (N-methyl/N-ethyl adjacent to an activating group) is 1. The van der Waals surface area contributed by atoms with Gasteiger partial charge in [-0.1, -0.05) is 19.1 Å². The number of hydrogen-bond acceptors (Lipinski definition) is 4. The average Bonchev–Trinajstić information content (AvgIpc) is 3.08. The highest BCUT2D eigenvalue weighted by atomic mass is 16.2. The number of benzene rings is 1. The van der Waals surface area contributed by atoms with Crippen LogP contribution in [0.4, 0.5) is 0 Å². The lowest BCUT2D eigenvalue weighted by atomic mass is 10.0. The van der Waals surface area contributed by atoms with E-state index >= 15 is 0 Å². The summed E-state index contributed by atoms with van der Waals surface area (Å²) in [6.45, 7) is 10.7. The Morgan fingerprint density at radius 2 is 1.74 bits per heavy atom. The molecule has 1 amide bonds. The van der Waals surface area contributed by atoms with Gasteiger partial charge in [-0.15, -0.1) is 0 Å². The highest BCUT2D eigenvalue weighted by molar-refractivity contribution is 5.94. The Hall–Kier alpha value is -2.73. The van der Waals surface area contributed by atoms with E-state index in [-0.39, 0.29) is 5.91 Å². The van der Waals surface area contributed by atoms with Crippen LogP contribution in [-0.4, -0.2) is 63.0 Å². The zero-order valence-corrected chi connectivity index (χ0v) is 16.1. The van der Waals surface area contributed by atoms with Crippen LogP contribution in [0.3, 0.4) is 0 Å². The van der Waals surface area contributed by atoms with E-state index < -0.39 is 0 Å². The Balaban J connectivity index is 1.55. The van der Waals surface area contributed by atoms with E-state index in [0.717, 1.165) is 66.4 Å². The van der Waals surface area contributed by atoms with Crippen LogP contribution in [0.15, 0.2) is 36.5 Å². The lowest BCUT2D eigenvalue weighted by molar-refractivity contribution is 0.0643. The average molecular weight is 363 g/mol. The molecule has 0 atom stereocenters. The number of carbonyl (C=O) groups excluding carboxylic acids is 1. The first kappa shape index (κ1) is 17.7. The summed E-state index contributed by atoms with van der Waals surface area (Å²) in [6.07, 6.45) is 1.99. The van der Waals surface area contributed by atoms with Crippen molar-refractivity contribution in [3.63, 3.8) is 0 Å². The number of amides is 1. The molecule has 0 aliphatic carbocycles. The quantitative estimate of drug-likeness (QED) is 0.718. The fraction of sp³-hybridized carbons (Fsp3) is 0.381. The van der Waals surface area contributed by atoms with Gasteiger partial charge in [0.1, 0.15) is 5.82 Å². The normalized spacial score (nSPS) is 15.4. The highest BCUT2D eigenvalue weighted by Gasteiger charge is 2.21. The maximum atomic E-state index is 12.8. The Morgan fingerprint density at radius 3 is 2.41 bits per heavy atom. The number of hydrogen-bond donors (Lipinski definition) is 0. The van der Waals surface area contributed by atoms with Crippen molar-refractivity contribution in [1.82, 2.24) is 24.4 Å². The van der Waals surface area contributed by atoms with Gasteiger partial charge in [0, 0.05) is 43.5 Å². The molecule has 0 saturated carbocycles. The number of nitrogens with zero attached hydrogens (tertiary/aromatic N) is 5. The van der Waals surface area contributed by atoms with Gasteiger partial charge in [0.05, 0.1) is 0 Å². The molecule has 0 spiro atoms. The lowest BCUT2D eigenvalue weighted by Crippen LogP contribution is -2.48. The molecule has 4 rings (SSSR count). The van der Waals surface area contributed by atoms with E-state index in [1.165, 1.54) is 0 Å². The van der Waals surface area contributed by atoms with E-state index in [9.17, 15) is 4.79 Å². The molecule has 6 nitrogen and oxygen atoms in total. The second kappa shape index (κ2) is 7.12. The summed E-state index contributed by atoms with van der Waals surface area (Å²) in [6, 6.07) is 10.00. The molecular formula is C21H25N5O. The lowest BCUT2D eigenvalue weighted by Gasteiger charge is -2.34. The van der Waals surface area contributed by atoms with Crippen molar-refractivity contribution in [2.24, 2.45) is 0 Å². The second-order valence-corrected chi connectivity index (χ2v) is 7.14. The van der Waals surface area contributed by atoms with E-state index in [1.807, 2.05) is 53.7 Å². The summed E-state index contributed by atoms with van der Waals surface area (Å²) in [5.41, 5.74) is 4.86. The van der Waals surface area contributed by atoms with Gasteiger partial charge in [-0.05, 0) is 49.7 Å². The number of aromatic nitrogens is 3. The molecule has 140 valence electrons. The largest absolute Gasteiger partial charge is 0.336 e. The number of pyridine rings is 1. The molecule has 0 bridgehead atoms. The molecule has 1 aliphatic heterocycles. The number of carbonyl (C=O) groups is 1. The fourth-order valence-corrected chi connectivity index (χ4v) is 3.67. The van der Waals surface area contributed by atoms with Crippen LogP contribution in [-0.2, 0) is 0 Å². The van der Waals surface area contributed by atoms with Crippen molar-refractivity contribution < 1.29 is 4.79 Å². The number of fused-ring (bicyclic) bond motifs is 1. The standard InChI is InChI=1S/C21H25N5O/c1-4-24-9-11-25(12-10-24)21(27)18-7-5-17(6-8-18)19-13-15(2)20-22-16(3)23-26(20)14-19/h5-8,13-14H,4,9-12H2,1-3H3. The Morgan fingerprint density at radius 1 is 1.04 bits per heavy atom. The topological polar surface area (TPSA) is 53.7 Å². The molecule has 3 aromatic rings. The Labute approximate surface area is 159 Å². The van der Waals surface area contributed by atoms with Gasteiger partial charge in [0.25, 0.3) is 5.91 Å². The Bertz CT molecular complexity index is 968. The smallest absolute Gasteiger partial charge is 0.253 e. The molecule has 3 heterocycles. The highest BCUT2D eigenvalue weighted by Crippen LogP contribution is 2.23. The molecule has 2 aromatic heterocycles. The third kappa shape index (κ3) is 3.45. The van der Waals surface area contributed by atoms with Crippen LogP contribution in [0.2, 0.25) is 0 Å². The third-order valence-corrected chi connectivity index (χ3v) is 5.30. The van der Waals surface area contributed by atoms with Crippen molar-refractivity contribution in [2.45, 2.75) is 20.8 Å². The van der Waals surface area contributed by atoms with Crippen molar-refractivity contribution in [3.05, 3.63) is 53.5 Å². The Kier molecular flexibility index (Phi) is 4.66. The second-order valence-electron chi connectivity index (χ2n) is 7.14. The van der Waals surface area contributed by atoms with Gasteiger partial charge in [-0.2, -0.15) is 5.10 Å². The molecule has 0 unspecified atom stereocenters. The minimum absolute atomic E-state index is 0.121. The van der Waals surface area contributed by atoms with Gasteiger partial charge >= 0.3 is 0 Å².